The van der Waals surface area contributed by atoms with Crippen LogP contribution in [0.3, 0.4) is 0 Å². The first-order valence-corrected chi connectivity index (χ1v) is 9.56. The monoisotopic (exact) mass is 371 g/mol. The molecule has 0 saturated carbocycles. The fourth-order valence-corrected chi connectivity index (χ4v) is 4.21. The first-order valence-electron chi connectivity index (χ1n) is 9.56. The molecule has 4 nitrogen and oxygen atoms in total. The van der Waals surface area contributed by atoms with Gasteiger partial charge < -0.3 is 14.4 Å². The van der Waals surface area contributed by atoms with Gasteiger partial charge in [-0.3, -0.25) is 4.79 Å². The van der Waals surface area contributed by atoms with E-state index in [0.717, 1.165) is 6.42 Å². The van der Waals surface area contributed by atoms with E-state index in [4.69, 9.17) is 9.47 Å². The third kappa shape index (κ3) is 2.73. The molecule has 0 spiro atoms. The van der Waals surface area contributed by atoms with E-state index in [1.165, 1.54) is 22.3 Å². The molecule has 5 rings (SSSR count). The highest BCUT2D eigenvalue weighted by molar-refractivity contribution is 5.95. The zero-order valence-electron chi connectivity index (χ0n) is 15.7. The van der Waals surface area contributed by atoms with Gasteiger partial charge in [-0.15, -0.1) is 0 Å². The molecule has 4 heteroatoms. The fourth-order valence-electron chi connectivity index (χ4n) is 4.21. The lowest BCUT2D eigenvalue weighted by molar-refractivity contribution is 0.0694. The van der Waals surface area contributed by atoms with E-state index in [-0.39, 0.29) is 18.7 Å². The maximum Gasteiger partial charge on any atom is 0.254 e. The van der Waals surface area contributed by atoms with Crippen LogP contribution in [-0.2, 0) is 6.42 Å². The van der Waals surface area contributed by atoms with Crippen molar-refractivity contribution in [1.29, 1.82) is 0 Å². The molecule has 2 aliphatic rings. The summed E-state index contributed by atoms with van der Waals surface area (Å²) in [5.74, 6) is 1.34. The number of benzene rings is 3. The van der Waals surface area contributed by atoms with Crippen LogP contribution < -0.4 is 9.47 Å². The van der Waals surface area contributed by atoms with E-state index in [1.807, 2.05) is 29.2 Å². The molecule has 0 bridgehead atoms. The molecular formula is C24H21NO3. The number of carbonyl (C=O) groups is 1. The van der Waals surface area contributed by atoms with Gasteiger partial charge in [-0.05, 0) is 53.8 Å². The molecule has 0 radical (unpaired) electrons. The van der Waals surface area contributed by atoms with Crippen molar-refractivity contribution in [1.82, 2.24) is 4.90 Å². The number of amides is 1. The smallest absolute Gasteiger partial charge is 0.254 e. The van der Waals surface area contributed by atoms with Crippen LogP contribution >= 0.6 is 0 Å². The van der Waals surface area contributed by atoms with E-state index in [2.05, 4.69) is 43.3 Å². The molecule has 3 aromatic rings. The van der Waals surface area contributed by atoms with Crippen molar-refractivity contribution < 1.29 is 14.3 Å². The molecular weight excluding hydrogens is 350 g/mol. The number of aryl methyl sites for hydroxylation is 1. The third-order valence-electron chi connectivity index (χ3n) is 5.65. The summed E-state index contributed by atoms with van der Waals surface area (Å²) in [5.41, 5.74) is 5.50. The number of nitrogens with zero attached hydrogens (tertiary/aromatic N) is 1. The van der Waals surface area contributed by atoms with Gasteiger partial charge in [0.2, 0.25) is 6.79 Å². The maximum absolute atomic E-state index is 13.5. The van der Waals surface area contributed by atoms with E-state index < -0.39 is 0 Å². The normalized spacial score (nSPS) is 17.3. The molecule has 2 heterocycles. The van der Waals surface area contributed by atoms with Crippen molar-refractivity contribution in [3.63, 3.8) is 0 Å². The third-order valence-corrected chi connectivity index (χ3v) is 5.65. The Morgan fingerprint density at radius 3 is 2.54 bits per heavy atom. The summed E-state index contributed by atoms with van der Waals surface area (Å²) >= 11 is 0. The lowest BCUT2D eigenvalue weighted by Crippen LogP contribution is -2.40. The summed E-state index contributed by atoms with van der Waals surface area (Å²) < 4.78 is 10.9. The minimum absolute atomic E-state index is 0.0149. The van der Waals surface area contributed by atoms with Crippen molar-refractivity contribution in [2.24, 2.45) is 0 Å². The Hall–Kier alpha value is -3.27. The number of carbonyl (C=O) groups excluding carboxylic acids is 1. The van der Waals surface area contributed by atoms with Gasteiger partial charge in [-0.25, -0.2) is 0 Å². The van der Waals surface area contributed by atoms with Gasteiger partial charge in [-0.2, -0.15) is 0 Å². The van der Waals surface area contributed by atoms with Gasteiger partial charge in [-0.1, -0.05) is 48.5 Å². The molecule has 0 N–H and O–H groups in total. The molecule has 2 aliphatic heterocycles. The van der Waals surface area contributed by atoms with E-state index in [0.29, 0.717) is 23.6 Å². The second-order valence-corrected chi connectivity index (χ2v) is 7.27. The Labute approximate surface area is 164 Å². The Bertz CT molecular complexity index is 1060. The lowest BCUT2D eigenvalue weighted by atomic mass is 9.86. The van der Waals surface area contributed by atoms with Crippen LogP contribution in [0.25, 0.3) is 0 Å². The van der Waals surface area contributed by atoms with Crippen molar-refractivity contribution in [2.75, 3.05) is 13.3 Å². The Morgan fingerprint density at radius 2 is 1.68 bits per heavy atom. The quantitative estimate of drug-likeness (QED) is 0.665. The topological polar surface area (TPSA) is 38.8 Å². The molecule has 140 valence electrons. The molecule has 0 aromatic heterocycles. The summed E-state index contributed by atoms with van der Waals surface area (Å²) in [5, 5.41) is 0. The highest BCUT2D eigenvalue weighted by Crippen LogP contribution is 2.38. The largest absolute Gasteiger partial charge is 0.454 e. The van der Waals surface area contributed by atoms with Crippen LogP contribution in [0.2, 0.25) is 0 Å². The van der Waals surface area contributed by atoms with Crippen molar-refractivity contribution in [3.05, 3.63) is 94.5 Å². The number of ether oxygens (including phenoxy) is 2. The predicted molar refractivity (Wildman–Crippen MR) is 107 cm³/mol. The van der Waals surface area contributed by atoms with Crippen LogP contribution in [0, 0.1) is 6.92 Å². The minimum Gasteiger partial charge on any atom is -0.454 e. The van der Waals surface area contributed by atoms with Gasteiger partial charge in [0.15, 0.2) is 11.5 Å². The molecule has 1 amide bonds. The van der Waals surface area contributed by atoms with E-state index >= 15 is 0 Å². The summed E-state index contributed by atoms with van der Waals surface area (Å²) in [6, 6.07) is 22.1. The maximum atomic E-state index is 13.5. The SMILES string of the molecule is Cc1ccccc1C1c2ccccc2CCN1C(=O)c1ccc2c(c1)OCO2. The van der Waals surface area contributed by atoms with Gasteiger partial charge in [0.1, 0.15) is 0 Å². The molecule has 3 aromatic carbocycles. The summed E-state index contributed by atoms with van der Waals surface area (Å²) in [6.45, 7) is 3.00. The van der Waals surface area contributed by atoms with Gasteiger partial charge in [0.05, 0.1) is 6.04 Å². The van der Waals surface area contributed by atoms with Crippen LogP contribution in [0.1, 0.15) is 38.7 Å². The second kappa shape index (κ2) is 6.71. The molecule has 1 atom stereocenters. The van der Waals surface area contributed by atoms with Crippen LogP contribution in [0.5, 0.6) is 11.5 Å². The van der Waals surface area contributed by atoms with Crippen LogP contribution in [0.15, 0.2) is 66.7 Å². The lowest BCUT2D eigenvalue weighted by Gasteiger charge is -2.38. The molecule has 0 fully saturated rings. The van der Waals surface area contributed by atoms with E-state index in [1.54, 1.807) is 6.07 Å². The Kier molecular flexibility index (Phi) is 4.05. The van der Waals surface area contributed by atoms with Crippen LogP contribution in [0.4, 0.5) is 0 Å². The predicted octanol–water partition coefficient (Wildman–Crippen LogP) is 4.51. The first kappa shape index (κ1) is 16.9. The Morgan fingerprint density at radius 1 is 0.929 bits per heavy atom. The zero-order chi connectivity index (χ0) is 19.1. The highest BCUT2D eigenvalue weighted by atomic mass is 16.7. The molecule has 28 heavy (non-hydrogen) atoms. The molecule has 0 saturated heterocycles. The van der Waals surface area contributed by atoms with Crippen molar-refractivity contribution >= 4 is 5.91 Å². The van der Waals surface area contributed by atoms with Crippen LogP contribution in [-0.4, -0.2) is 24.1 Å². The molecule has 0 aliphatic carbocycles. The molecule has 1 unspecified atom stereocenters. The average Bonchev–Trinajstić information content (AvgIpc) is 3.21. The summed E-state index contributed by atoms with van der Waals surface area (Å²) in [4.78, 5) is 15.5. The summed E-state index contributed by atoms with van der Waals surface area (Å²) in [7, 11) is 0. The second-order valence-electron chi connectivity index (χ2n) is 7.27. The Balaban J connectivity index is 1.59. The van der Waals surface area contributed by atoms with Crippen molar-refractivity contribution in [2.45, 2.75) is 19.4 Å². The minimum atomic E-state index is -0.0935. The standard InChI is InChI=1S/C24H21NO3/c1-16-6-2-4-8-19(16)23-20-9-5-3-7-17(20)12-13-25(23)24(26)18-10-11-21-22(14-18)28-15-27-21/h2-11,14,23H,12-13,15H2,1H3. The fraction of sp³-hybridized carbons (Fsp3) is 0.208. The van der Waals surface area contributed by atoms with Gasteiger partial charge in [0, 0.05) is 12.1 Å². The van der Waals surface area contributed by atoms with Gasteiger partial charge in [0.25, 0.3) is 5.91 Å². The van der Waals surface area contributed by atoms with E-state index in [9.17, 15) is 4.79 Å². The number of rotatable bonds is 2. The first-order chi connectivity index (χ1) is 13.7. The average molecular weight is 371 g/mol. The van der Waals surface area contributed by atoms with Gasteiger partial charge >= 0.3 is 0 Å². The summed E-state index contributed by atoms with van der Waals surface area (Å²) in [6.07, 6.45) is 0.856. The van der Waals surface area contributed by atoms with Crippen molar-refractivity contribution in [3.8, 4) is 11.5 Å². The highest BCUT2D eigenvalue weighted by Gasteiger charge is 2.33. The number of hydrogen-bond donors (Lipinski definition) is 0. The zero-order valence-corrected chi connectivity index (χ0v) is 15.7. The number of fused-ring (bicyclic) bond motifs is 2. The number of hydrogen-bond acceptors (Lipinski definition) is 3.